The predicted octanol–water partition coefficient (Wildman–Crippen LogP) is 4.63. The third kappa shape index (κ3) is 3.96. The second-order valence-corrected chi connectivity index (χ2v) is 6.72. The van der Waals surface area contributed by atoms with Crippen LogP contribution >= 0.6 is 11.6 Å². The van der Waals surface area contributed by atoms with Crippen LogP contribution in [-0.4, -0.2) is 37.0 Å². The van der Waals surface area contributed by atoms with Gasteiger partial charge in [-0.05, 0) is 42.8 Å². The zero-order valence-corrected chi connectivity index (χ0v) is 14.9. The minimum absolute atomic E-state index is 0.154. The fourth-order valence-electron chi connectivity index (χ4n) is 3.01. The number of rotatable bonds is 2. The van der Waals surface area contributed by atoms with E-state index in [1.54, 1.807) is 23.1 Å². The van der Waals surface area contributed by atoms with Crippen molar-refractivity contribution < 1.29 is 18.0 Å². The fourth-order valence-corrected chi connectivity index (χ4v) is 3.33. The van der Waals surface area contributed by atoms with E-state index in [1.807, 2.05) is 17.9 Å². The highest BCUT2D eigenvalue weighted by molar-refractivity contribution is 6.33. The van der Waals surface area contributed by atoms with Crippen molar-refractivity contribution in [2.24, 2.45) is 0 Å². The van der Waals surface area contributed by atoms with E-state index in [-0.39, 0.29) is 5.91 Å². The highest BCUT2D eigenvalue weighted by Crippen LogP contribution is 2.32. The summed E-state index contributed by atoms with van der Waals surface area (Å²) in [6.07, 6.45) is -4.37. The maximum absolute atomic E-state index is 12.9. The number of aryl methyl sites for hydroxylation is 1. The summed E-state index contributed by atoms with van der Waals surface area (Å²) in [5, 5.41) is 0.412. The lowest BCUT2D eigenvalue weighted by Crippen LogP contribution is -2.48. The predicted molar refractivity (Wildman–Crippen MR) is 95.7 cm³/mol. The molecule has 1 aliphatic rings. The molecular formula is C19H18ClF3N2O. The molecular weight excluding hydrogens is 365 g/mol. The summed E-state index contributed by atoms with van der Waals surface area (Å²) >= 11 is 6.16. The van der Waals surface area contributed by atoms with Crippen molar-refractivity contribution in [3.8, 4) is 0 Å². The van der Waals surface area contributed by atoms with E-state index in [9.17, 15) is 18.0 Å². The van der Waals surface area contributed by atoms with Gasteiger partial charge >= 0.3 is 6.18 Å². The molecule has 3 nitrogen and oxygen atoms in total. The van der Waals surface area contributed by atoms with Crippen LogP contribution in [0.1, 0.15) is 21.5 Å². The molecule has 2 aromatic rings. The van der Waals surface area contributed by atoms with Crippen LogP contribution in [0, 0.1) is 6.92 Å². The Labute approximate surface area is 155 Å². The van der Waals surface area contributed by atoms with Crippen molar-refractivity contribution in [1.29, 1.82) is 0 Å². The van der Waals surface area contributed by atoms with Gasteiger partial charge in [-0.1, -0.05) is 23.7 Å². The molecule has 1 saturated heterocycles. The molecule has 1 aliphatic heterocycles. The molecule has 26 heavy (non-hydrogen) atoms. The number of hydrogen-bond acceptors (Lipinski definition) is 2. The van der Waals surface area contributed by atoms with E-state index in [0.29, 0.717) is 42.5 Å². The third-order valence-electron chi connectivity index (χ3n) is 4.46. The summed E-state index contributed by atoms with van der Waals surface area (Å²) in [4.78, 5) is 16.2. The molecule has 0 saturated carbocycles. The number of anilines is 1. The first kappa shape index (κ1) is 18.6. The number of benzene rings is 2. The van der Waals surface area contributed by atoms with Gasteiger partial charge in [0.05, 0.1) is 16.1 Å². The van der Waals surface area contributed by atoms with Gasteiger partial charge in [-0.3, -0.25) is 4.79 Å². The minimum atomic E-state index is -4.37. The largest absolute Gasteiger partial charge is 0.416 e. The van der Waals surface area contributed by atoms with Crippen LogP contribution in [0.15, 0.2) is 42.5 Å². The Kier molecular flexibility index (Phi) is 5.14. The molecule has 1 heterocycles. The van der Waals surface area contributed by atoms with Crippen molar-refractivity contribution >= 4 is 23.2 Å². The van der Waals surface area contributed by atoms with Crippen LogP contribution in [0.25, 0.3) is 0 Å². The Morgan fingerprint density at radius 1 is 1.04 bits per heavy atom. The zero-order chi connectivity index (χ0) is 18.9. The van der Waals surface area contributed by atoms with Crippen LogP contribution in [-0.2, 0) is 6.18 Å². The summed E-state index contributed by atoms with van der Waals surface area (Å²) in [5.41, 5.74) is 1.27. The average Bonchev–Trinajstić information content (AvgIpc) is 2.61. The van der Waals surface area contributed by atoms with E-state index in [2.05, 4.69) is 0 Å². The van der Waals surface area contributed by atoms with Crippen molar-refractivity contribution in [3.05, 3.63) is 64.2 Å². The third-order valence-corrected chi connectivity index (χ3v) is 4.77. The molecule has 1 fully saturated rings. The van der Waals surface area contributed by atoms with Crippen LogP contribution in [0.2, 0.25) is 5.02 Å². The normalized spacial score (nSPS) is 15.3. The average molecular weight is 383 g/mol. The molecule has 0 spiro atoms. The van der Waals surface area contributed by atoms with Crippen LogP contribution in [0.4, 0.5) is 18.9 Å². The van der Waals surface area contributed by atoms with Gasteiger partial charge in [0.1, 0.15) is 0 Å². The summed E-state index contributed by atoms with van der Waals surface area (Å²) in [6, 6.07) is 10.5. The highest BCUT2D eigenvalue weighted by Gasteiger charge is 2.31. The first-order chi connectivity index (χ1) is 12.3. The van der Waals surface area contributed by atoms with Gasteiger partial charge in [0.25, 0.3) is 5.91 Å². The smallest absolute Gasteiger partial charge is 0.368 e. The Morgan fingerprint density at radius 2 is 1.73 bits per heavy atom. The van der Waals surface area contributed by atoms with Crippen molar-refractivity contribution in [1.82, 2.24) is 4.90 Å². The van der Waals surface area contributed by atoms with E-state index in [1.165, 1.54) is 6.07 Å². The number of nitrogens with zero attached hydrogens (tertiary/aromatic N) is 2. The van der Waals surface area contributed by atoms with Gasteiger partial charge in [-0.25, -0.2) is 0 Å². The Morgan fingerprint density at radius 3 is 2.35 bits per heavy atom. The number of halogens is 4. The number of hydrogen-bond donors (Lipinski definition) is 0. The number of alkyl halides is 3. The SMILES string of the molecule is Cc1ccc(C(=O)N2CCN(c3cccc(C(F)(F)F)c3)CC2)c(Cl)c1. The fraction of sp³-hybridized carbons (Fsp3) is 0.316. The molecule has 0 bridgehead atoms. The molecule has 7 heteroatoms. The minimum Gasteiger partial charge on any atom is -0.368 e. The van der Waals surface area contributed by atoms with E-state index in [0.717, 1.165) is 17.7 Å². The van der Waals surface area contributed by atoms with Crippen molar-refractivity contribution in [2.75, 3.05) is 31.1 Å². The van der Waals surface area contributed by atoms with Crippen LogP contribution < -0.4 is 4.90 Å². The second-order valence-electron chi connectivity index (χ2n) is 6.31. The van der Waals surface area contributed by atoms with E-state index >= 15 is 0 Å². The van der Waals surface area contributed by atoms with Gasteiger partial charge in [0, 0.05) is 31.9 Å². The molecule has 138 valence electrons. The number of carbonyl (C=O) groups excluding carboxylic acids is 1. The van der Waals surface area contributed by atoms with Gasteiger partial charge in [0.15, 0.2) is 0 Å². The van der Waals surface area contributed by atoms with Crippen molar-refractivity contribution in [2.45, 2.75) is 13.1 Å². The lowest BCUT2D eigenvalue weighted by atomic mass is 10.1. The topological polar surface area (TPSA) is 23.6 Å². The number of amides is 1. The molecule has 0 atom stereocenters. The van der Waals surface area contributed by atoms with Gasteiger partial charge in [-0.2, -0.15) is 13.2 Å². The number of piperazine rings is 1. The number of carbonyl (C=O) groups is 1. The maximum atomic E-state index is 12.9. The summed E-state index contributed by atoms with van der Waals surface area (Å²) in [5.74, 6) is -0.154. The first-order valence-corrected chi connectivity index (χ1v) is 8.61. The Hall–Kier alpha value is -2.21. The van der Waals surface area contributed by atoms with Gasteiger partial charge in [-0.15, -0.1) is 0 Å². The second kappa shape index (κ2) is 7.19. The summed E-state index contributed by atoms with van der Waals surface area (Å²) in [7, 11) is 0. The molecule has 0 aromatic heterocycles. The summed E-state index contributed by atoms with van der Waals surface area (Å²) < 4.78 is 38.6. The lowest BCUT2D eigenvalue weighted by molar-refractivity contribution is -0.137. The zero-order valence-electron chi connectivity index (χ0n) is 14.2. The van der Waals surface area contributed by atoms with Crippen molar-refractivity contribution in [3.63, 3.8) is 0 Å². The molecule has 3 rings (SSSR count). The van der Waals surface area contributed by atoms with Crippen LogP contribution in [0.3, 0.4) is 0 Å². The molecule has 0 aliphatic carbocycles. The monoisotopic (exact) mass is 382 g/mol. The van der Waals surface area contributed by atoms with E-state index in [4.69, 9.17) is 11.6 Å². The molecule has 0 N–H and O–H groups in total. The molecule has 2 aromatic carbocycles. The van der Waals surface area contributed by atoms with E-state index < -0.39 is 11.7 Å². The summed E-state index contributed by atoms with van der Waals surface area (Å²) in [6.45, 7) is 3.69. The van der Waals surface area contributed by atoms with Gasteiger partial charge < -0.3 is 9.80 Å². The maximum Gasteiger partial charge on any atom is 0.416 e. The quantitative estimate of drug-likeness (QED) is 0.756. The standard InChI is InChI=1S/C19H18ClF3N2O/c1-13-5-6-16(17(20)11-13)18(26)25-9-7-24(8-10-25)15-4-2-3-14(12-15)19(21,22)23/h2-6,11-12H,7-10H2,1H3. The van der Waals surface area contributed by atoms with Gasteiger partial charge in [0.2, 0.25) is 0 Å². The molecule has 0 unspecified atom stereocenters. The lowest BCUT2D eigenvalue weighted by Gasteiger charge is -2.36. The Bertz CT molecular complexity index is 815. The van der Waals surface area contributed by atoms with Crippen LogP contribution in [0.5, 0.6) is 0 Å². The molecule has 1 amide bonds. The first-order valence-electron chi connectivity index (χ1n) is 8.23. The highest BCUT2D eigenvalue weighted by atomic mass is 35.5. The molecule has 0 radical (unpaired) electrons. The Balaban J connectivity index is 1.68.